The number of amides is 1. The van der Waals surface area contributed by atoms with Crippen LogP contribution in [0.3, 0.4) is 0 Å². The quantitative estimate of drug-likeness (QED) is 0.507. The molecule has 0 spiro atoms. The van der Waals surface area contributed by atoms with Crippen molar-refractivity contribution in [3.63, 3.8) is 0 Å². The number of hydrogen-bond donors (Lipinski definition) is 3. The van der Waals surface area contributed by atoms with Crippen LogP contribution in [0.5, 0.6) is 0 Å². The van der Waals surface area contributed by atoms with Crippen LogP contribution in [0.4, 0.5) is 0 Å². The van der Waals surface area contributed by atoms with Gasteiger partial charge in [-0.3, -0.25) is 4.79 Å². The zero-order valence-corrected chi connectivity index (χ0v) is 7.22. The Morgan fingerprint density at radius 2 is 2.27 bits per heavy atom. The third-order valence-electron chi connectivity index (χ3n) is 1.69. The number of likely N-dealkylation sites (N-methyl/N-ethyl adjacent to an activating group) is 1. The molecule has 0 heterocycles. The standard InChI is InChI=1S/C7H16N2O2/c1-4-9-6(11)7(3,8)5(2)10/h5,10H,4,8H2,1-3H3,(H,9,11)/t5-,7+/m1/s1. The zero-order valence-electron chi connectivity index (χ0n) is 7.22. The van der Waals surface area contributed by atoms with Crippen LogP contribution >= 0.6 is 0 Å². The summed E-state index contributed by atoms with van der Waals surface area (Å²) in [5.41, 5.74) is 4.34. The summed E-state index contributed by atoms with van der Waals surface area (Å²) in [4.78, 5) is 11.1. The van der Waals surface area contributed by atoms with Crippen molar-refractivity contribution in [3.05, 3.63) is 0 Å². The molecule has 0 aliphatic carbocycles. The van der Waals surface area contributed by atoms with Gasteiger partial charge in [-0.2, -0.15) is 0 Å². The van der Waals surface area contributed by atoms with E-state index in [0.717, 1.165) is 0 Å². The SMILES string of the molecule is CCNC(=O)[C@@](C)(N)[C@@H](C)O. The van der Waals surface area contributed by atoms with Gasteiger partial charge >= 0.3 is 0 Å². The van der Waals surface area contributed by atoms with E-state index in [4.69, 9.17) is 10.8 Å². The molecule has 0 bridgehead atoms. The van der Waals surface area contributed by atoms with Crippen LogP contribution < -0.4 is 11.1 Å². The minimum atomic E-state index is -1.18. The average Bonchev–Trinajstić information content (AvgIpc) is 1.88. The molecule has 0 fully saturated rings. The van der Waals surface area contributed by atoms with Crippen molar-refractivity contribution in [2.45, 2.75) is 32.4 Å². The second-order valence-electron chi connectivity index (χ2n) is 2.82. The van der Waals surface area contributed by atoms with Gasteiger partial charge in [-0.05, 0) is 20.8 Å². The van der Waals surface area contributed by atoms with Gasteiger partial charge in [-0.25, -0.2) is 0 Å². The molecule has 2 atom stereocenters. The molecule has 4 heteroatoms. The van der Waals surface area contributed by atoms with E-state index in [1.165, 1.54) is 13.8 Å². The van der Waals surface area contributed by atoms with Gasteiger partial charge in [0.25, 0.3) is 0 Å². The fourth-order valence-corrected chi connectivity index (χ4v) is 0.541. The summed E-state index contributed by atoms with van der Waals surface area (Å²) in [6, 6.07) is 0. The van der Waals surface area contributed by atoms with Gasteiger partial charge in [-0.1, -0.05) is 0 Å². The number of carbonyl (C=O) groups excluding carboxylic acids is 1. The fraction of sp³-hybridized carbons (Fsp3) is 0.857. The largest absolute Gasteiger partial charge is 0.391 e. The summed E-state index contributed by atoms with van der Waals surface area (Å²) < 4.78 is 0. The van der Waals surface area contributed by atoms with Crippen LogP contribution in [-0.2, 0) is 4.79 Å². The summed E-state index contributed by atoms with van der Waals surface area (Å²) >= 11 is 0. The molecule has 4 nitrogen and oxygen atoms in total. The number of nitrogens with one attached hydrogen (secondary N) is 1. The topological polar surface area (TPSA) is 75.4 Å². The van der Waals surface area contributed by atoms with Gasteiger partial charge in [0.2, 0.25) is 5.91 Å². The van der Waals surface area contributed by atoms with Crippen molar-refractivity contribution >= 4 is 5.91 Å². The maximum Gasteiger partial charge on any atom is 0.242 e. The Bertz CT molecular complexity index is 143. The molecular weight excluding hydrogens is 144 g/mol. The number of nitrogens with two attached hydrogens (primary N) is 1. The van der Waals surface area contributed by atoms with Gasteiger partial charge in [0.1, 0.15) is 5.54 Å². The highest BCUT2D eigenvalue weighted by molar-refractivity contribution is 5.86. The van der Waals surface area contributed by atoms with Crippen molar-refractivity contribution in [1.29, 1.82) is 0 Å². The summed E-state index contributed by atoms with van der Waals surface area (Å²) in [5, 5.41) is 11.6. The van der Waals surface area contributed by atoms with E-state index in [-0.39, 0.29) is 5.91 Å². The molecule has 0 aromatic rings. The molecule has 0 aromatic heterocycles. The Kier molecular flexibility index (Phi) is 3.48. The lowest BCUT2D eigenvalue weighted by molar-refractivity contribution is -0.129. The molecule has 0 radical (unpaired) electrons. The lowest BCUT2D eigenvalue weighted by Crippen LogP contribution is -2.58. The predicted octanol–water partition coefficient (Wildman–Crippen LogP) is -0.779. The smallest absolute Gasteiger partial charge is 0.242 e. The molecule has 0 unspecified atom stereocenters. The Hall–Kier alpha value is -0.610. The third kappa shape index (κ3) is 2.48. The molecule has 4 N–H and O–H groups in total. The molecule has 66 valence electrons. The minimum absolute atomic E-state index is 0.324. The molecule has 11 heavy (non-hydrogen) atoms. The van der Waals surface area contributed by atoms with Gasteiger partial charge in [0.15, 0.2) is 0 Å². The summed E-state index contributed by atoms with van der Waals surface area (Å²) in [6.07, 6.45) is -0.839. The van der Waals surface area contributed by atoms with E-state index < -0.39 is 11.6 Å². The Labute approximate surface area is 66.8 Å². The third-order valence-corrected chi connectivity index (χ3v) is 1.69. The van der Waals surface area contributed by atoms with Crippen LogP contribution in [0, 0.1) is 0 Å². The molecule has 1 amide bonds. The van der Waals surface area contributed by atoms with E-state index in [2.05, 4.69) is 5.32 Å². The first-order chi connectivity index (χ1) is 4.92. The van der Waals surface area contributed by atoms with E-state index in [1.54, 1.807) is 6.92 Å². The molecule has 0 aliphatic heterocycles. The van der Waals surface area contributed by atoms with Crippen LogP contribution in [0.25, 0.3) is 0 Å². The van der Waals surface area contributed by atoms with Crippen LogP contribution in [0.2, 0.25) is 0 Å². The maximum absolute atomic E-state index is 11.1. The lowest BCUT2D eigenvalue weighted by Gasteiger charge is -2.25. The molecule has 0 aromatic carbocycles. The molecule has 0 aliphatic rings. The average molecular weight is 160 g/mol. The zero-order chi connectivity index (χ0) is 9.07. The molecule has 0 saturated carbocycles. The van der Waals surface area contributed by atoms with E-state index in [1.807, 2.05) is 0 Å². The highest BCUT2D eigenvalue weighted by Gasteiger charge is 2.32. The number of aliphatic hydroxyl groups excluding tert-OH is 1. The van der Waals surface area contributed by atoms with Crippen LogP contribution in [0.1, 0.15) is 20.8 Å². The fourth-order valence-electron chi connectivity index (χ4n) is 0.541. The first-order valence-electron chi connectivity index (χ1n) is 3.68. The van der Waals surface area contributed by atoms with Gasteiger partial charge in [0, 0.05) is 6.54 Å². The Balaban J connectivity index is 4.18. The number of hydrogen-bond acceptors (Lipinski definition) is 3. The van der Waals surface area contributed by atoms with Crippen molar-refractivity contribution in [2.75, 3.05) is 6.54 Å². The second-order valence-corrected chi connectivity index (χ2v) is 2.82. The molecular formula is C7H16N2O2. The number of aliphatic hydroxyl groups is 1. The lowest BCUT2D eigenvalue weighted by atomic mass is 9.96. The molecule has 0 saturated heterocycles. The van der Waals surface area contributed by atoms with E-state index in [9.17, 15) is 4.79 Å². The minimum Gasteiger partial charge on any atom is -0.391 e. The van der Waals surface area contributed by atoms with Crippen molar-refractivity contribution in [1.82, 2.24) is 5.32 Å². The van der Waals surface area contributed by atoms with Gasteiger partial charge in [0.05, 0.1) is 6.10 Å². The van der Waals surface area contributed by atoms with Crippen molar-refractivity contribution in [2.24, 2.45) is 5.73 Å². The van der Waals surface area contributed by atoms with Gasteiger partial charge < -0.3 is 16.2 Å². The van der Waals surface area contributed by atoms with Crippen LogP contribution in [0.15, 0.2) is 0 Å². The van der Waals surface area contributed by atoms with E-state index in [0.29, 0.717) is 6.54 Å². The maximum atomic E-state index is 11.1. The second kappa shape index (κ2) is 3.69. The van der Waals surface area contributed by atoms with Crippen molar-refractivity contribution in [3.8, 4) is 0 Å². The van der Waals surface area contributed by atoms with Crippen molar-refractivity contribution < 1.29 is 9.90 Å². The predicted molar refractivity (Wildman–Crippen MR) is 43.0 cm³/mol. The number of carbonyl (C=O) groups is 1. The number of rotatable bonds is 3. The Morgan fingerprint density at radius 1 is 1.82 bits per heavy atom. The highest BCUT2D eigenvalue weighted by atomic mass is 16.3. The summed E-state index contributed by atoms with van der Waals surface area (Å²) in [5.74, 6) is -0.324. The summed E-state index contributed by atoms with van der Waals surface area (Å²) in [7, 11) is 0. The first kappa shape index (κ1) is 10.4. The highest BCUT2D eigenvalue weighted by Crippen LogP contribution is 2.04. The Morgan fingerprint density at radius 3 is 2.55 bits per heavy atom. The van der Waals surface area contributed by atoms with Crippen LogP contribution in [-0.4, -0.2) is 29.2 Å². The normalized spacial score (nSPS) is 18.6. The first-order valence-corrected chi connectivity index (χ1v) is 3.68. The van der Waals surface area contributed by atoms with Gasteiger partial charge in [-0.15, -0.1) is 0 Å². The van der Waals surface area contributed by atoms with E-state index >= 15 is 0 Å². The molecule has 0 rings (SSSR count). The monoisotopic (exact) mass is 160 g/mol. The summed E-state index contributed by atoms with van der Waals surface area (Å²) in [6.45, 7) is 5.33.